The predicted molar refractivity (Wildman–Crippen MR) is 112 cm³/mol. The molecular formula is C20H25ClN4O2. The summed E-state index contributed by atoms with van der Waals surface area (Å²) < 4.78 is 0. The summed E-state index contributed by atoms with van der Waals surface area (Å²) in [4.78, 5) is 26.6. The van der Waals surface area contributed by atoms with Gasteiger partial charge in [0.05, 0.1) is 5.56 Å². The molecule has 0 unspecified atom stereocenters. The number of carbonyl (C=O) groups excluding carboxylic acids is 2. The van der Waals surface area contributed by atoms with Gasteiger partial charge in [-0.25, -0.2) is 4.79 Å². The molecule has 0 aromatic heterocycles. The van der Waals surface area contributed by atoms with E-state index in [1.165, 1.54) is 0 Å². The minimum atomic E-state index is -0.410. The Bertz CT molecular complexity index is 837. The number of urea groups is 1. The lowest BCUT2D eigenvalue weighted by Gasteiger charge is -2.18. The fourth-order valence-corrected chi connectivity index (χ4v) is 2.66. The topological polar surface area (TPSA) is 73.5 Å². The van der Waals surface area contributed by atoms with Gasteiger partial charge in [0.2, 0.25) is 0 Å². The predicted octanol–water partition coefficient (Wildman–Crippen LogP) is 4.50. The lowest BCUT2D eigenvalue weighted by Crippen LogP contribution is -2.27. The molecule has 2 aromatic carbocycles. The molecule has 144 valence electrons. The largest absolute Gasteiger partial charge is 0.377 e. The average molecular weight is 389 g/mol. The Labute approximate surface area is 164 Å². The zero-order chi connectivity index (χ0) is 20.0. The van der Waals surface area contributed by atoms with Crippen molar-refractivity contribution in [3.05, 3.63) is 52.5 Å². The van der Waals surface area contributed by atoms with Crippen LogP contribution >= 0.6 is 11.6 Å². The number of anilines is 3. The number of halogens is 1. The molecule has 7 heteroatoms. The van der Waals surface area contributed by atoms with Crippen LogP contribution < -0.4 is 20.9 Å². The Morgan fingerprint density at radius 3 is 2.26 bits per heavy atom. The second-order valence-corrected chi connectivity index (χ2v) is 6.83. The Morgan fingerprint density at radius 1 is 1.04 bits per heavy atom. The summed E-state index contributed by atoms with van der Waals surface area (Å²) in [7, 11) is 3.74. The maximum Gasteiger partial charge on any atom is 0.323 e. The smallest absolute Gasteiger partial charge is 0.323 e. The van der Waals surface area contributed by atoms with Gasteiger partial charge in [-0.2, -0.15) is 0 Å². The summed E-state index contributed by atoms with van der Waals surface area (Å²) in [6.07, 6.45) is 0.850. The zero-order valence-corrected chi connectivity index (χ0v) is 16.8. The molecule has 0 aliphatic rings. The molecule has 2 rings (SSSR count). The van der Waals surface area contributed by atoms with Gasteiger partial charge in [0.15, 0.2) is 0 Å². The number of hydrogen-bond acceptors (Lipinski definition) is 3. The van der Waals surface area contributed by atoms with Crippen LogP contribution in [-0.2, 0) is 0 Å². The van der Waals surface area contributed by atoms with Crippen molar-refractivity contribution in [2.75, 3.05) is 36.2 Å². The molecule has 3 N–H and O–H groups in total. The normalized spacial score (nSPS) is 10.3. The molecule has 0 saturated heterocycles. The summed E-state index contributed by atoms with van der Waals surface area (Å²) in [5.41, 5.74) is 3.33. The lowest BCUT2D eigenvalue weighted by atomic mass is 10.1. The van der Waals surface area contributed by atoms with Gasteiger partial charge in [0.1, 0.15) is 0 Å². The number of hydrogen-bond donors (Lipinski definition) is 3. The van der Waals surface area contributed by atoms with E-state index in [0.717, 1.165) is 17.7 Å². The number of aryl methyl sites for hydroxylation is 1. The molecule has 0 saturated carbocycles. The highest BCUT2D eigenvalue weighted by Gasteiger charge is 2.14. The van der Waals surface area contributed by atoms with Crippen LogP contribution in [0.4, 0.5) is 21.9 Å². The van der Waals surface area contributed by atoms with E-state index in [4.69, 9.17) is 11.6 Å². The number of nitrogens with one attached hydrogen (secondary N) is 3. The minimum absolute atomic E-state index is 0.171. The summed E-state index contributed by atoms with van der Waals surface area (Å²) in [5, 5.41) is 8.93. The highest BCUT2D eigenvalue weighted by Crippen LogP contribution is 2.24. The van der Waals surface area contributed by atoms with Gasteiger partial charge in [-0.1, -0.05) is 24.6 Å². The molecule has 3 amide bonds. The highest BCUT2D eigenvalue weighted by molar-refractivity contribution is 6.31. The van der Waals surface area contributed by atoms with Crippen molar-refractivity contribution in [3.63, 3.8) is 0 Å². The number of nitrogens with zero attached hydrogens (tertiary/aromatic N) is 1. The molecule has 0 atom stereocenters. The van der Waals surface area contributed by atoms with Crippen molar-refractivity contribution in [3.8, 4) is 0 Å². The third-order valence-corrected chi connectivity index (χ3v) is 4.35. The van der Waals surface area contributed by atoms with Gasteiger partial charge >= 0.3 is 6.03 Å². The van der Waals surface area contributed by atoms with Gasteiger partial charge in [-0.15, -0.1) is 0 Å². The van der Waals surface area contributed by atoms with E-state index in [2.05, 4.69) is 16.0 Å². The Kier molecular flexibility index (Phi) is 7.07. The maximum atomic E-state index is 12.4. The van der Waals surface area contributed by atoms with Crippen LogP contribution in [0.2, 0.25) is 5.02 Å². The van der Waals surface area contributed by atoms with Crippen LogP contribution in [0.15, 0.2) is 36.4 Å². The first-order chi connectivity index (χ1) is 12.8. The Morgan fingerprint density at radius 2 is 1.67 bits per heavy atom. The third kappa shape index (κ3) is 5.62. The Hall–Kier alpha value is -2.73. The van der Waals surface area contributed by atoms with Crippen molar-refractivity contribution < 1.29 is 9.59 Å². The summed E-state index contributed by atoms with van der Waals surface area (Å²) in [6.45, 7) is 4.48. The van der Waals surface area contributed by atoms with E-state index in [1.807, 2.05) is 38.9 Å². The van der Waals surface area contributed by atoms with E-state index in [0.29, 0.717) is 28.5 Å². The van der Waals surface area contributed by atoms with Crippen LogP contribution in [0.1, 0.15) is 29.3 Å². The second kappa shape index (κ2) is 9.28. The van der Waals surface area contributed by atoms with Crippen LogP contribution in [0, 0.1) is 6.92 Å². The Balaban J connectivity index is 2.16. The van der Waals surface area contributed by atoms with Crippen molar-refractivity contribution >= 4 is 40.6 Å². The third-order valence-electron chi connectivity index (χ3n) is 3.95. The first-order valence-electron chi connectivity index (χ1n) is 8.75. The van der Waals surface area contributed by atoms with Crippen LogP contribution in [0.3, 0.4) is 0 Å². The number of carbonyl (C=O) groups is 2. The van der Waals surface area contributed by atoms with E-state index >= 15 is 0 Å². The fraction of sp³-hybridized carbons (Fsp3) is 0.300. The van der Waals surface area contributed by atoms with Gasteiger partial charge in [-0.3, -0.25) is 4.79 Å². The van der Waals surface area contributed by atoms with E-state index in [1.54, 1.807) is 30.3 Å². The standard InChI is InChI=1S/C20H25ClN4O2/c1-5-10-22-19(26)16-11-14(8-9-18(16)25(3)4)23-20(27)24-15-7-6-13(2)17(21)12-15/h6-9,11-12H,5,10H2,1-4H3,(H,22,26)(H2,23,24,27). The molecule has 2 aromatic rings. The minimum Gasteiger partial charge on any atom is -0.377 e. The monoisotopic (exact) mass is 388 g/mol. The van der Waals surface area contributed by atoms with E-state index in [-0.39, 0.29) is 5.91 Å². The second-order valence-electron chi connectivity index (χ2n) is 6.43. The number of benzene rings is 2. The van der Waals surface area contributed by atoms with Gasteiger partial charge < -0.3 is 20.9 Å². The first-order valence-corrected chi connectivity index (χ1v) is 9.13. The lowest BCUT2D eigenvalue weighted by molar-refractivity contribution is 0.0954. The molecule has 0 aliphatic carbocycles. The first kappa shape index (κ1) is 20.6. The summed E-state index contributed by atoms with van der Waals surface area (Å²) in [6, 6.07) is 10.1. The molecular weight excluding hydrogens is 364 g/mol. The van der Waals surface area contributed by atoms with Crippen molar-refractivity contribution in [1.29, 1.82) is 0 Å². The summed E-state index contributed by atoms with van der Waals surface area (Å²) >= 11 is 6.08. The SMILES string of the molecule is CCCNC(=O)c1cc(NC(=O)Nc2ccc(C)c(Cl)c2)ccc1N(C)C. The highest BCUT2D eigenvalue weighted by atomic mass is 35.5. The van der Waals surface area contributed by atoms with Gasteiger partial charge in [0, 0.05) is 42.7 Å². The molecule has 6 nitrogen and oxygen atoms in total. The van der Waals surface area contributed by atoms with Crippen molar-refractivity contribution in [2.24, 2.45) is 0 Å². The molecule has 0 radical (unpaired) electrons. The van der Waals surface area contributed by atoms with Gasteiger partial charge in [0.25, 0.3) is 5.91 Å². The van der Waals surface area contributed by atoms with Gasteiger partial charge in [-0.05, 0) is 49.2 Å². The average Bonchev–Trinajstić information content (AvgIpc) is 2.62. The number of rotatable bonds is 6. The molecule has 0 bridgehead atoms. The molecule has 0 spiro atoms. The molecule has 27 heavy (non-hydrogen) atoms. The van der Waals surface area contributed by atoms with Crippen LogP contribution in [0.25, 0.3) is 0 Å². The van der Waals surface area contributed by atoms with Crippen LogP contribution in [0.5, 0.6) is 0 Å². The van der Waals surface area contributed by atoms with Crippen LogP contribution in [-0.4, -0.2) is 32.6 Å². The fourth-order valence-electron chi connectivity index (χ4n) is 2.48. The maximum absolute atomic E-state index is 12.4. The molecule has 0 aliphatic heterocycles. The zero-order valence-electron chi connectivity index (χ0n) is 16.0. The number of amides is 3. The van der Waals surface area contributed by atoms with Crippen molar-refractivity contribution in [2.45, 2.75) is 20.3 Å². The molecule has 0 heterocycles. The van der Waals surface area contributed by atoms with Crippen molar-refractivity contribution in [1.82, 2.24) is 5.32 Å². The quantitative estimate of drug-likeness (QED) is 0.682. The van der Waals surface area contributed by atoms with E-state index in [9.17, 15) is 9.59 Å². The summed E-state index contributed by atoms with van der Waals surface area (Å²) in [5.74, 6) is -0.171. The van der Waals surface area contributed by atoms with E-state index < -0.39 is 6.03 Å². The molecule has 0 fully saturated rings.